The van der Waals surface area contributed by atoms with E-state index in [0.29, 0.717) is 6.04 Å². The van der Waals surface area contributed by atoms with E-state index in [1.54, 1.807) is 7.05 Å². The van der Waals surface area contributed by atoms with Crippen molar-refractivity contribution in [3.63, 3.8) is 0 Å². The molecule has 0 radical (unpaired) electrons. The molecule has 0 aromatic heterocycles. The number of hydrogen-bond donors (Lipinski definition) is 2. The number of morpholine rings is 1. The smallest absolute Gasteiger partial charge is 0.237 e. The summed E-state index contributed by atoms with van der Waals surface area (Å²) in [6.07, 6.45) is 3.48. The first kappa shape index (κ1) is 13.8. The average Bonchev–Trinajstić information content (AvgIpc) is 2.46. The van der Waals surface area contributed by atoms with Crippen LogP contribution in [0.5, 0.6) is 0 Å². The van der Waals surface area contributed by atoms with Crippen molar-refractivity contribution in [2.24, 2.45) is 0 Å². The normalized spacial score (nSPS) is 31.9. The molecule has 2 aliphatic heterocycles. The molecule has 2 heterocycles. The fourth-order valence-electron chi connectivity index (χ4n) is 3.00. The molecular formula is C13H25N3O2. The van der Waals surface area contributed by atoms with E-state index >= 15 is 0 Å². The quantitative estimate of drug-likeness (QED) is 0.743. The van der Waals surface area contributed by atoms with E-state index in [4.69, 9.17) is 4.74 Å². The highest BCUT2D eigenvalue weighted by molar-refractivity contribution is 5.81. The topological polar surface area (TPSA) is 53.6 Å². The number of rotatable bonds is 3. The molecule has 0 aromatic carbocycles. The number of hydrogen-bond acceptors (Lipinski definition) is 4. The summed E-state index contributed by atoms with van der Waals surface area (Å²) in [5.41, 5.74) is 0. The van der Waals surface area contributed by atoms with Gasteiger partial charge in [-0.2, -0.15) is 0 Å². The summed E-state index contributed by atoms with van der Waals surface area (Å²) in [5, 5.41) is 6.15. The van der Waals surface area contributed by atoms with Gasteiger partial charge in [0.25, 0.3) is 0 Å². The Hall–Kier alpha value is -0.650. The molecule has 0 spiro atoms. The number of carbonyl (C=O) groups excluding carboxylic acids is 1. The number of likely N-dealkylation sites (tertiary alicyclic amines) is 1. The number of nitrogens with zero attached hydrogens (tertiary/aromatic N) is 1. The van der Waals surface area contributed by atoms with Crippen LogP contribution in [0.2, 0.25) is 0 Å². The Morgan fingerprint density at radius 3 is 3.00 bits per heavy atom. The maximum atomic E-state index is 12.0. The van der Waals surface area contributed by atoms with E-state index in [0.717, 1.165) is 39.1 Å². The Kier molecular flexibility index (Phi) is 4.97. The van der Waals surface area contributed by atoms with E-state index in [1.807, 2.05) is 0 Å². The number of likely N-dealkylation sites (N-methyl/N-ethyl adjacent to an activating group) is 1. The highest BCUT2D eigenvalue weighted by atomic mass is 16.5. The second-order valence-electron chi connectivity index (χ2n) is 5.22. The Morgan fingerprint density at radius 2 is 2.33 bits per heavy atom. The predicted octanol–water partition coefficient (Wildman–Crippen LogP) is -0.0362. The third-order valence-electron chi connectivity index (χ3n) is 4.11. The minimum Gasteiger partial charge on any atom is -0.374 e. The van der Waals surface area contributed by atoms with E-state index in [9.17, 15) is 4.79 Å². The molecule has 1 amide bonds. The molecule has 3 unspecified atom stereocenters. The van der Waals surface area contributed by atoms with Crippen molar-refractivity contribution in [2.75, 3.05) is 33.3 Å². The first-order chi connectivity index (χ1) is 8.74. The molecule has 18 heavy (non-hydrogen) atoms. The Bertz CT molecular complexity index is 279. The summed E-state index contributed by atoms with van der Waals surface area (Å²) in [5.74, 6) is 0.144. The maximum Gasteiger partial charge on any atom is 0.237 e. The van der Waals surface area contributed by atoms with Crippen molar-refractivity contribution in [3.8, 4) is 0 Å². The lowest BCUT2D eigenvalue weighted by Gasteiger charge is -2.42. The zero-order valence-electron chi connectivity index (χ0n) is 11.4. The lowest BCUT2D eigenvalue weighted by atomic mass is 9.97. The number of ether oxygens (including phenoxy) is 1. The van der Waals surface area contributed by atoms with Gasteiger partial charge in [0.15, 0.2) is 0 Å². The van der Waals surface area contributed by atoms with Crippen molar-refractivity contribution in [3.05, 3.63) is 0 Å². The van der Waals surface area contributed by atoms with Crippen LogP contribution < -0.4 is 10.6 Å². The second kappa shape index (κ2) is 6.50. The largest absolute Gasteiger partial charge is 0.374 e. The van der Waals surface area contributed by atoms with Crippen molar-refractivity contribution in [2.45, 2.75) is 44.4 Å². The van der Waals surface area contributed by atoms with Crippen molar-refractivity contribution in [1.29, 1.82) is 0 Å². The zero-order chi connectivity index (χ0) is 13.0. The third kappa shape index (κ3) is 3.02. The molecule has 2 saturated heterocycles. The molecule has 2 rings (SSSR count). The minimum absolute atomic E-state index is 0.0178. The van der Waals surface area contributed by atoms with Gasteiger partial charge < -0.3 is 15.4 Å². The van der Waals surface area contributed by atoms with Crippen LogP contribution in [0.3, 0.4) is 0 Å². The SMILES string of the molecule is CNC(=O)C1CCCCN1C(C)C1CNCCO1. The molecule has 3 atom stereocenters. The number of amides is 1. The summed E-state index contributed by atoms with van der Waals surface area (Å²) in [6, 6.07) is 0.310. The van der Waals surface area contributed by atoms with Gasteiger partial charge in [0.1, 0.15) is 0 Å². The number of piperidine rings is 1. The van der Waals surface area contributed by atoms with Crippen molar-refractivity contribution in [1.82, 2.24) is 15.5 Å². The molecule has 2 aliphatic rings. The monoisotopic (exact) mass is 255 g/mol. The Balaban J connectivity index is 2.00. The molecule has 0 aromatic rings. The van der Waals surface area contributed by atoms with Gasteiger partial charge in [-0.3, -0.25) is 9.69 Å². The van der Waals surface area contributed by atoms with Gasteiger partial charge in [-0.25, -0.2) is 0 Å². The standard InChI is InChI=1S/C13H25N3O2/c1-10(12-9-15-6-8-18-12)16-7-4-3-5-11(16)13(17)14-2/h10-12,15H,3-9H2,1-2H3,(H,14,17). The molecule has 2 N–H and O–H groups in total. The van der Waals surface area contributed by atoms with E-state index in [2.05, 4.69) is 22.5 Å². The van der Waals surface area contributed by atoms with Gasteiger partial charge in [0, 0.05) is 26.2 Å². The number of nitrogens with one attached hydrogen (secondary N) is 2. The van der Waals surface area contributed by atoms with Crippen LogP contribution in [0, 0.1) is 0 Å². The fraction of sp³-hybridized carbons (Fsp3) is 0.923. The second-order valence-corrected chi connectivity index (χ2v) is 5.22. The van der Waals surface area contributed by atoms with Crippen molar-refractivity contribution < 1.29 is 9.53 Å². The molecule has 0 saturated carbocycles. The van der Waals surface area contributed by atoms with Gasteiger partial charge in [0.2, 0.25) is 5.91 Å². The molecule has 0 aliphatic carbocycles. The van der Waals surface area contributed by atoms with Crippen LogP contribution in [0.4, 0.5) is 0 Å². The Labute approximate surface area is 109 Å². The molecule has 5 heteroatoms. The molecule has 104 valence electrons. The Morgan fingerprint density at radius 1 is 1.50 bits per heavy atom. The van der Waals surface area contributed by atoms with E-state index < -0.39 is 0 Å². The minimum atomic E-state index is 0.0178. The molecule has 5 nitrogen and oxygen atoms in total. The van der Waals surface area contributed by atoms with Crippen LogP contribution in [-0.2, 0) is 9.53 Å². The van der Waals surface area contributed by atoms with E-state index in [1.165, 1.54) is 6.42 Å². The molecular weight excluding hydrogens is 230 g/mol. The highest BCUT2D eigenvalue weighted by Crippen LogP contribution is 2.22. The summed E-state index contributed by atoms with van der Waals surface area (Å²) >= 11 is 0. The van der Waals surface area contributed by atoms with Crippen LogP contribution in [-0.4, -0.2) is 62.3 Å². The van der Waals surface area contributed by atoms with Crippen LogP contribution in [0.15, 0.2) is 0 Å². The van der Waals surface area contributed by atoms with Crippen LogP contribution in [0.25, 0.3) is 0 Å². The zero-order valence-corrected chi connectivity index (χ0v) is 11.4. The lowest BCUT2D eigenvalue weighted by molar-refractivity contribution is -0.130. The third-order valence-corrected chi connectivity index (χ3v) is 4.11. The lowest BCUT2D eigenvalue weighted by Crippen LogP contribution is -2.58. The summed E-state index contributed by atoms with van der Waals surface area (Å²) in [6.45, 7) is 5.77. The number of carbonyl (C=O) groups is 1. The summed E-state index contributed by atoms with van der Waals surface area (Å²) in [7, 11) is 1.72. The highest BCUT2D eigenvalue weighted by Gasteiger charge is 2.35. The van der Waals surface area contributed by atoms with E-state index in [-0.39, 0.29) is 18.1 Å². The summed E-state index contributed by atoms with van der Waals surface area (Å²) in [4.78, 5) is 14.3. The molecule has 0 bridgehead atoms. The predicted molar refractivity (Wildman–Crippen MR) is 70.5 cm³/mol. The van der Waals surface area contributed by atoms with Gasteiger partial charge >= 0.3 is 0 Å². The van der Waals surface area contributed by atoms with Crippen LogP contribution >= 0.6 is 0 Å². The van der Waals surface area contributed by atoms with Crippen molar-refractivity contribution >= 4 is 5.91 Å². The summed E-state index contributed by atoms with van der Waals surface area (Å²) < 4.78 is 5.82. The van der Waals surface area contributed by atoms with Gasteiger partial charge in [-0.05, 0) is 26.3 Å². The van der Waals surface area contributed by atoms with Gasteiger partial charge in [-0.1, -0.05) is 6.42 Å². The molecule has 2 fully saturated rings. The van der Waals surface area contributed by atoms with Crippen LogP contribution in [0.1, 0.15) is 26.2 Å². The fourth-order valence-corrected chi connectivity index (χ4v) is 3.00. The maximum absolute atomic E-state index is 12.0. The van der Waals surface area contributed by atoms with Gasteiger partial charge in [0.05, 0.1) is 18.8 Å². The first-order valence-corrected chi connectivity index (χ1v) is 7.03. The average molecular weight is 255 g/mol. The first-order valence-electron chi connectivity index (χ1n) is 7.03. The van der Waals surface area contributed by atoms with Gasteiger partial charge in [-0.15, -0.1) is 0 Å².